The topological polar surface area (TPSA) is 101 Å². The highest BCUT2D eigenvalue weighted by atomic mass is 32.2. The zero-order valence-corrected chi connectivity index (χ0v) is 13.0. The largest absolute Gasteiger partial charge is 0.437 e. The average Bonchev–Trinajstić information content (AvgIpc) is 2.82. The second-order valence-electron chi connectivity index (χ2n) is 5.07. The maximum absolute atomic E-state index is 12.1. The summed E-state index contributed by atoms with van der Waals surface area (Å²) >= 11 is 1.30. The van der Waals surface area contributed by atoms with Crippen molar-refractivity contribution in [3.05, 3.63) is 11.5 Å². The van der Waals surface area contributed by atoms with Gasteiger partial charge in [0.2, 0.25) is 11.8 Å². The van der Waals surface area contributed by atoms with Crippen LogP contribution in [0.15, 0.2) is 9.64 Å². The number of hydrogen-bond acceptors (Lipinski definition) is 6. The van der Waals surface area contributed by atoms with E-state index in [4.69, 9.17) is 10.3 Å². The quantitative estimate of drug-likeness (QED) is 0.366. The second-order valence-corrected chi connectivity index (χ2v) is 6.00. The lowest BCUT2D eigenvalue weighted by Gasteiger charge is -2.30. The Labute approximate surface area is 127 Å². The number of likely N-dealkylation sites (tertiary alicyclic amines) is 1. The summed E-state index contributed by atoms with van der Waals surface area (Å²) in [5.74, 6) is 6.00. The first kappa shape index (κ1) is 15.8. The molecule has 0 radical (unpaired) electrons. The van der Waals surface area contributed by atoms with Gasteiger partial charge in [0.15, 0.2) is 0 Å². The number of amides is 2. The number of carbonyl (C=O) groups is 2. The van der Waals surface area contributed by atoms with Crippen molar-refractivity contribution in [2.24, 2.45) is 11.8 Å². The van der Waals surface area contributed by atoms with Gasteiger partial charge in [-0.15, -0.1) is 0 Å². The van der Waals surface area contributed by atoms with Gasteiger partial charge in [0.25, 0.3) is 5.22 Å². The molecule has 0 saturated carbocycles. The number of hydrazine groups is 1. The summed E-state index contributed by atoms with van der Waals surface area (Å²) in [6.45, 7) is 4.89. The summed E-state index contributed by atoms with van der Waals surface area (Å²) in [7, 11) is 0. The van der Waals surface area contributed by atoms with Gasteiger partial charge in [-0.05, 0) is 26.7 Å². The highest BCUT2D eigenvalue weighted by Gasteiger charge is 2.27. The number of hydrogen-bond donors (Lipinski definition) is 2. The van der Waals surface area contributed by atoms with E-state index >= 15 is 0 Å². The molecule has 0 atom stereocenters. The minimum Gasteiger partial charge on any atom is -0.437 e. The fourth-order valence-electron chi connectivity index (χ4n) is 2.23. The second kappa shape index (κ2) is 6.95. The summed E-state index contributed by atoms with van der Waals surface area (Å²) in [4.78, 5) is 29.5. The number of nitrogens with two attached hydrogens (primary N) is 1. The fraction of sp³-hybridized carbons (Fsp3) is 0.615. The zero-order chi connectivity index (χ0) is 15.4. The Bertz CT molecular complexity index is 504. The maximum atomic E-state index is 12.1. The predicted octanol–water partition coefficient (Wildman–Crippen LogP) is 0.612. The number of thioether (sulfide) groups is 1. The Kier molecular flexibility index (Phi) is 5.24. The summed E-state index contributed by atoms with van der Waals surface area (Å²) in [6, 6.07) is 0. The molecule has 0 aliphatic carbocycles. The van der Waals surface area contributed by atoms with Gasteiger partial charge in [-0.25, -0.2) is 10.8 Å². The Hall–Kier alpha value is -1.54. The van der Waals surface area contributed by atoms with Crippen LogP contribution in [-0.4, -0.2) is 40.5 Å². The molecule has 1 aliphatic heterocycles. The standard InChI is InChI=1S/C13H20N4O3S/c1-8-9(2)20-13(15-8)21-7-11(18)17-5-3-10(4-6-17)12(19)16-14/h10H,3-7,14H2,1-2H3,(H,16,19). The lowest BCUT2D eigenvalue weighted by molar-refractivity contribution is -0.133. The van der Waals surface area contributed by atoms with Crippen molar-refractivity contribution < 1.29 is 14.0 Å². The molecule has 7 nitrogen and oxygen atoms in total. The van der Waals surface area contributed by atoms with Crippen molar-refractivity contribution in [1.82, 2.24) is 15.3 Å². The normalized spacial score (nSPS) is 16.0. The molecule has 8 heteroatoms. The average molecular weight is 312 g/mol. The number of piperidine rings is 1. The molecule has 116 valence electrons. The van der Waals surface area contributed by atoms with Crippen LogP contribution in [0.3, 0.4) is 0 Å². The number of aryl methyl sites for hydroxylation is 2. The summed E-state index contributed by atoms with van der Waals surface area (Å²) in [5, 5.41) is 0.524. The third-order valence-electron chi connectivity index (χ3n) is 3.69. The number of carbonyl (C=O) groups excluding carboxylic acids is 2. The van der Waals surface area contributed by atoms with Gasteiger partial charge in [-0.3, -0.25) is 15.0 Å². The van der Waals surface area contributed by atoms with E-state index in [2.05, 4.69) is 10.4 Å². The zero-order valence-electron chi connectivity index (χ0n) is 12.2. The number of nitrogens with zero attached hydrogens (tertiary/aromatic N) is 2. The first-order valence-corrected chi connectivity index (χ1v) is 7.85. The molecule has 0 unspecified atom stereocenters. The van der Waals surface area contributed by atoms with Gasteiger partial charge in [0.1, 0.15) is 5.76 Å². The van der Waals surface area contributed by atoms with Crippen LogP contribution in [0.4, 0.5) is 0 Å². The van der Waals surface area contributed by atoms with Crippen molar-refractivity contribution in [2.45, 2.75) is 31.9 Å². The number of oxazole rings is 1. The van der Waals surface area contributed by atoms with Crippen LogP contribution in [-0.2, 0) is 9.59 Å². The fourth-order valence-corrected chi connectivity index (χ4v) is 3.04. The summed E-state index contributed by atoms with van der Waals surface area (Å²) < 4.78 is 5.43. The molecule has 1 aromatic rings. The predicted molar refractivity (Wildman–Crippen MR) is 78.3 cm³/mol. The van der Waals surface area contributed by atoms with E-state index in [1.54, 1.807) is 4.90 Å². The molecule has 2 rings (SSSR count). The minimum atomic E-state index is -0.151. The molecule has 0 bridgehead atoms. The molecule has 1 aromatic heterocycles. The van der Waals surface area contributed by atoms with Gasteiger partial charge in [0, 0.05) is 19.0 Å². The SMILES string of the molecule is Cc1nc(SCC(=O)N2CCC(C(=O)NN)CC2)oc1C. The first-order valence-electron chi connectivity index (χ1n) is 6.86. The van der Waals surface area contributed by atoms with Gasteiger partial charge >= 0.3 is 0 Å². The van der Waals surface area contributed by atoms with Crippen LogP contribution in [0.25, 0.3) is 0 Å². The van der Waals surface area contributed by atoms with Crippen LogP contribution in [0.1, 0.15) is 24.3 Å². The smallest absolute Gasteiger partial charge is 0.256 e. The highest BCUT2D eigenvalue weighted by Crippen LogP contribution is 2.22. The lowest BCUT2D eigenvalue weighted by Crippen LogP contribution is -2.45. The molecule has 2 heterocycles. The van der Waals surface area contributed by atoms with Crippen molar-refractivity contribution in [2.75, 3.05) is 18.8 Å². The van der Waals surface area contributed by atoms with Crippen LogP contribution >= 0.6 is 11.8 Å². The van der Waals surface area contributed by atoms with Gasteiger partial charge < -0.3 is 9.32 Å². The minimum absolute atomic E-state index is 0.0418. The van der Waals surface area contributed by atoms with Crippen LogP contribution in [0.2, 0.25) is 0 Å². The number of aromatic nitrogens is 1. The van der Waals surface area contributed by atoms with Crippen molar-refractivity contribution in [3.8, 4) is 0 Å². The maximum Gasteiger partial charge on any atom is 0.256 e. The van der Waals surface area contributed by atoms with Gasteiger partial charge in [-0.2, -0.15) is 0 Å². The van der Waals surface area contributed by atoms with E-state index in [0.29, 0.717) is 36.9 Å². The van der Waals surface area contributed by atoms with E-state index in [1.807, 2.05) is 13.8 Å². The third kappa shape index (κ3) is 3.98. The third-order valence-corrected chi connectivity index (χ3v) is 4.50. The molecule has 21 heavy (non-hydrogen) atoms. The Morgan fingerprint density at radius 3 is 2.62 bits per heavy atom. The van der Waals surface area contributed by atoms with E-state index < -0.39 is 0 Å². The molecule has 1 saturated heterocycles. The number of rotatable bonds is 4. The Morgan fingerprint density at radius 2 is 2.10 bits per heavy atom. The summed E-state index contributed by atoms with van der Waals surface area (Å²) in [6.07, 6.45) is 1.30. The van der Waals surface area contributed by atoms with E-state index in [0.717, 1.165) is 11.5 Å². The molecular weight excluding hydrogens is 292 g/mol. The van der Waals surface area contributed by atoms with Crippen LogP contribution < -0.4 is 11.3 Å². The van der Waals surface area contributed by atoms with Crippen LogP contribution in [0.5, 0.6) is 0 Å². The monoisotopic (exact) mass is 312 g/mol. The van der Waals surface area contributed by atoms with Crippen LogP contribution in [0, 0.1) is 19.8 Å². The van der Waals surface area contributed by atoms with E-state index in [9.17, 15) is 9.59 Å². The van der Waals surface area contributed by atoms with Crippen molar-refractivity contribution >= 4 is 23.6 Å². The first-order chi connectivity index (χ1) is 10.0. The molecule has 2 amide bonds. The van der Waals surface area contributed by atoms with E-state index in [1.165, 1.54) is 11.8 Å². The van der Waals surface area contributed by atoms with Gasteiger partial charge in [0.05, 0.1) is 11.4 Å². The molecule has 1 aliphatic rings. The lowest BCUT2D eigenvalue weighted by atomic mass is 9.96. The van der Waals surface area contributed by atoms with E-state index in [-0.39, 0.29) is 17.7 Å². The highest BCUT2D eigenvalue weighted by molar-refractivity contribution is 7.99. The molecule has 0 aromatic carbocycles. The molecule has 0 spiro atoms. The molecule has 3 N–H and O–H groups in total. The molecule has 1 fully saturated rings. The number of nitrogens with one attached hydrogen (secondary N) is 1. The Morgan fingerprint density at radius 1 is 1.43 bits per heavy atom. The van der Waals surface area contributed by atoms with Gasteiger partial charge in [-0.1, -0.05) is 11.8 Å². The molecular formula is C13H20N4O3S. The Balaban J connectivity index is 1.78. The summed E-state index contributed by atoms with van der Waals surface area (Å²) in [5.41, 5.74) is 3.01. The van der Waals surface area contributed by atoms with Crippen molar-refractivity contribution in [3.63, 3.8) is 0 Å². The van der Waals surface area contributed by atoms with Crippen molar-refractivity contribution in [1.29, 1.82) is 0 Å².